The normalized spacial score (nSPS) is 13.5. The van der Waals surface area contributed by atoms with Gasteiger partial charge in [0, 0.05) is 43.2 Å². The van der Waals surface area contributed by atoms with Crippen molar-refractivity contribution >= 4 is 39.2 Å². The van der Waals surface area contributed by atoms with E-state index in [9.17, 15) is 14.4 Å². The number of urea groups is 1. The summed E-state index contributed by atoms with van der Waals surface area (Å²) < 4.78 is 1.50. The third-order valence-corrected chi connectivity index (χ3v) is 6.91. The van der Waals surface area contributed by atoms with Gasteiger partial charge in [-0.15, -0.1) is 11.3 Å². The van der Waals surface area contributed by atoms with Gasteiger partial charge < -0.3 is 15.5 Å². The Morgan fingerprint density at radius 2 is 1.97 bits per heavy atom. The molecule has 3 heterocycles. The van der Waals surface area contributed by atoms with E-state index < -0.39 is 0 Å². The first-order valence-corrected chi connectivity index (χ1v) is 11.6. The van der Waals surface area contributed by atoms with Gasteiger partial charge in [0.25, 0.3) is 5.56 Å². The molecule has 3 amide bonds. The molecule has 168 valence electrons. The van der Waals surface area contributed by atoms with Crippen molar-refractivity contribution in [2.75, 3.05) is 18.4 Å². The molecule has 2 N–H and O–H groups in total. The maximum atomic E-state index is 12.7. The predicted molar refractivity (Wildman–Crippen MR) is 126 cm³/mol. The molecule has 1 aliphatic heterocycles. The molecule has 2 aromatic heterocycles. The van der Waals surface area contributed by atoms with Crippen LogP contribution in [0.5, 0.6) is 0 Å². The Hall–Kier alpha value is -3.20. The summed E-state index contributed by atoms with van der Waals surface area (Å²) in [6.07, 6.45) is 3.78. The van der Waals surface area contributed by atoms with Crippen LogP contribution >= 0.6 is 11.3 Å². The molecule has 0 aliphatic carbocycles. The van der Waals surface area contributed by atoms with Crippen LogP contribution in [-0.4, -0.2) is 39.5 Å². The molecular formula is C23H27N5O3S. The molecule has 1 aliphatic rings. The van der Waals surface area contributed by atoms with E-state index in [0.29, 0.717) is 17.6 Å². The topological polar surface area (TPSA) is 96.3 Å². The second kappa shape index (κ2) is 9.52. The van der Waals surface area contributed by atoms with Gasteiger partial charge in [-0.2, -0.15) is 0 Å². The minimum atomic E-state index is -0.151. The van der Waals surface area contributed by atoms with Gasteiger partial charge in [-0.05, 0) is 49.9 Å². The summed E-state index contributed by atoms with van der Waals surface area (Å²) in [7, 11) is 0. The molecule has 3 aromatic rings. The Morgan fingerprint density at radius 1 is 1.19 bits per heavy atom. The molecular weight excluding hydrogens is 426 g/mol. The van der Waals surface area contributed by atoms with Crippen LogP contribution in [0.15, 0.2) is 35.4 Å². The summed E-state index contributed by atoms with van der Waals surface area (Å²) in [6.45, 7) is 6.11. The largest absolute Gasteiger partial charge is 0.352 e. The number of nitrogens with zero attached hydrogens (tertiary/aromatic N) is 3. The average molecular weight is 454 g/mol. The van der Waals surface area contributed by atoms with E-state index in [1.54, 1.807) is 0 Å². The zero-order valence-electron chi connectivity index (χ0n) is 18.3. The SMILES string of the molecule is Cc1sc2ncn(CCC(=O)NCc3cccc(NC(=O)N4CCCC4)c3)c(=O)c2c1C. The fraction of sp³-hybridized carbons (Fsp3) is 0.391. The second-order valence-corrected chi connectivity index (χ2v) is 9.26. The van der Waals surface area contributed by atoms with Gasteiger partial charge in [-0.1, -0.05) is 12.1 Å². The van der Waals surface area contributed by atoms with Gasteiger partial charge in [-0.3, -0.25) is 14.2 Å². The zero-order valence-corrected chi connectivity index (χ0v) is 19.1. The quantitative estimate of drug-likeness (QED) is 0.598. The Morgan fingerprint density at radius 3 is 2.75 bits per heavy atom. The number of fused-ring (bicyclic) bond motifs is 1. The van der Waals surface area contributed by atoms with Crippen molar-refractivity contribution in [1.29, 1.82) is 0 Å². The van der Waals surface area contributed by atoms with Crippen molar-refractivity contribution in [3.05, 3.63) is 57.0 Å². The van der Waals surface area contributed by atoms with Gasteiger partial charge in [0.2, 0.25) is 5.91 Å². The third-order valence-electron chi connectivity index (χ3n) is 5.80. The highest BCUT2D eigenvalue weighted by molar-refractivity contribution is 7.18. The van der Waals surface area contributed by atoms with E-state index in [2.05, 4.69) is 15.6 Å². The number of carbonyl (C=O) groups is 2. The molecule has 0 unspecified atom stereocenters. The predicted octanol–water partition coefficient (Wildman–Crippen LogP) is 3.41. The number of nitrogens with one attached hydrogen (secondary N) is 2. The lowest BCUT2D eigenvalue weighted by Gasteiger charge is -2.16. The van der Waals surface area contributed by atoms with Gasteiger partial charge in [0.15, 0.2) is 0 Å². The monoisotopic (exact) mass is 453 g/mol. The van der Waals surface area contributed by atoms with Crippen LogP contribution < -0.4 is 16.2 Å². The first-order chi connectivity index (χ1) is 15.4. The number of hydrogen-bond donors (Lipinski definition) is 2. The highest BCUT2D eigenvalue weighted by Gasteiger charge is 2.18. The number of anilines is 1. The van der Waals surface area contributed by atoms with Crippen LogP contribution in [0.25, 0.3) is 10.2 Å². The van der Waals surface area contributed by atoms with Gasteiger partial charge >= 0.3 is 6.03 Å². The number of thiophene rings is 1. The van der Waals surface area contributed by atoms with E-state index in [1.807, 2.05) is 43.0 Å². The van der Waals surface area contributed by atoms with Crippen LogP contribution in [0.4, 0.5) is 10.5 Å². The minimum absolute atomic E-state index is 0.0873. The summed E-state index contributed by atoms with van der Waals surface area (Å²) in [5.74, 6) is -0.151. The lowest BCUT2D eigenvalue weighted by atomic mass is 10.2. The number of rotatable bonds is 6. The lowest BCUT2D eigenvalue weighted by molar-refractivity contribution is -0.121. The van der Waals surface area contributed by atoms with E-state index in [0.717, 1.165) is 46.8 Å². The van der Waals surface area contributed by atoms with Crippen LogP contribution in [-0.2, 0) is 17.9 Å². The van der Waals surface area contributed by atoms with Crippen molar-refractivity contribution in [3.8, 4) is 0 Å². The van der Waals surface area contributed by atoms with Crippen LogP contribution in [0, 0.1) is 13.8 Å². The maximum absolute atomic E-state index is 12.7. The van der Waals surface area contributed by atoms with Crippen molar-refractivity contribution in [2.45, 2.75) is 46.2 Å². The molecule has 8 nitrogen and oxygen atoms in total. The number of benzene rings is 1. The van der Waals surface area contributed by atoms with Crippen molar-refractivity contribution < 1.29 is 9.59 Å². The van der Waals surface area contributed by atoms with E-state index in [1.165, 1.54) is 22.2 Å². The molecule has 9 heteroatoms. The van der Waals surface area contributed by atoms with Crippen molar-refractivity contribution in [2.24, 2.45) is 0 Å². The highest BCUT2D eigenvalue weighted by atomic mass is 32.1. The summed E-state index contributed by atoms with van der Waals surface area (Å²) in [5.41, 5.74) is 2.45. The summed E-state index contributed by atoms with van der Waals surface area (Å²) in [5, 5.41) is 6.44. The van der Waals surface area contributed by atoms with Crippen LogP contribution in [0.1, 0.15) is 35.3 Å². The Bertz CT molecular complexity index is 1210. The number of amides is 3. The number of aromatic nitrogens is 2. The minimum Gasteiger partial charge on any atom is -0.352 e. The molecule has 4 rings (SSSR count). The molecule has 1 fully saturated rings. The van der Waals surface area contributed by atoms with Crippen molar-refractivity contribution in [1.82, 2.24) is 19.8 Å². The molecule has 1 saturated heterocycles. The number of hydrogen-bond acceptors (Lipinski definition) is 5. The molecule has 32 heavy (non-hydrogen) atoms. The van der Waals surface area contributed by atoms with Crippen molar-refractivity contribution in [3.63, 3.8) is 0 Å². The van der Waals surface area contributed by atoms with Gasteiger partial charge in [0.05, 0.1) is 11.7 Å². The number of likely N-dealkylation sites (tertiary alicyclic amines) is 1. The third kappa shape index (κ3) is 4.83. The van der Waals surface area contributed by atoms with E-state index in [4.69, 9.17) is 0 Å². The summed E-state index contributed by atoms with van der Waals surface area (Å²) in [4.78, 5) is 45.3. The van der Waals surface area contributed by atoms with Crippen LogP contribution in [0.2, 0.25) is 0 Å². The highest BCUT2D eigenvalue weighted by Crippen LogP contribution is 2.25. The van der Waals surface area contributed by atoms with Crippen LogP contribution in [0.3, 0.4) is 0 Å². The summed E-state index contributed by atoms with van der Waals surface area (Å²) in [6, 6.07) is 7.36. The van der Waals surface area contributed by atoms with Gasteiger partial charge in [0.1, 0.15) is 4.83 Å². The number of carbonyl (C=O) groups excluding carboxylic acids is 2. The molecule has 0 spiro atoms. The Labute approximate surface area is 190 Å². The van der Waals surface area contributed by atoms with Gasteiger partial charge in [-0.25, -0.2) is 9.78 Å². The molecule has 0 bridgehead atoms. The standard InChI is InChI=1S/C23H27N5O3S/c1-15-16(2)32-21-20(15)22(30)28(14-25-21)11-8-19(29)24-13-17-6-5-7-18(12-17)26-23(31)27-9-3-4-10-27/h5-7,12,14H,3-4,8-11,13H2,1-2H3,(H,24,29)(H,26,31). The molecule has 1 aromatic carbocycles. The average Bonchev–Trinajstić information content (AvgIpc) is 3.41. The second-order valence-electron chi connectivity index (χ2n) is 8.06. The molecule has 0 radical (unpaired) electrons. The fourth-order valence-electron chi connectivity index (χ4n) is 3.82. The molecule has 0 saturated carbocycles. The Balaban J connectivity index is 1.31. The van der Waals surface area contributed by atoms with E-state index >= 15 is 0 Å². The van der Waals surface area contributed by atoms with E-state index in [-0.39, 0.29) is 30.5 Å². The number of aryl methyl sites for hydroxylation is 3. The molecule has 0 atom stereocenters. The smallest absolute Gasteiger partial charge is 0.321 e. The summed E-state index contributed by atoms with van der Waals surface area (Å²) >= 11 is 1.51. The maximum Gasteiger partial charge on any atom is 0.321 e. The Kier molecular flexibility index (Phi) is 6.55. The fourth-order valence-corrected chi connectivity index (χ4v) is 4.81. The lowest BCUT2D eigenvalue weighted by Crippen LogP contribution is -2.32. The first kappa shape index (κ1) is 22.0. The zero-order chi connectivity index (χ0) is 22.7. The first-order valence-electron chi connectivity index (χ1n) is 10.8.